The third-order valence-electron chi connectivity index (χ3n) is 10.9. The minimum Gasteiger partial charge on any atom is -0.509 e. The zero-order chi connectivity index (χ0) is 36.1. The van der Waals surface area contributed by atoms with E-state index in [0.717, 1.165) is 62.3 Å². The van der Waals surface area contributed by atoms with Gasteiger partial charge in [-0.3, -0.25) is 24.6 Å². The molecule has 3 N–H and O–H groups in total. The fourth-order valence-corrected chi connectivity index (χ4v) is 7.77. The summed E-state index contributed by atoms with van der Waals surface area (Å²) in [5.41, 5.74) is 3.43. The van der Waals surface area contributed by atoms with Crippen molar-refractivity contribution in [2.24, 2.45) is 0 Å². The van der Waals surface area contributed by atoms with Gasteiger partial charge in [-0.1, -0.05) is 30.3 Å². The summed E-state index contributed by atoms with van der Waals surface area (Å²) in [6, 6.07) is 13.2. The molecule has 5 amide bonds. The molecule has 0 unspecified atom stereocenters. The van der Waals surface area contributed by atoms with Crippen molar-refractivity contribution in [2.45, 2.75) is 56.7 Å². The molecule has 2 aromatic rings. The number of hydroxylamine groups is 2. The topological polar surface area (TPSA) is 149 Å². The molecule has 0 saturated carbocycles. The van der Waals surface area contributed by atoms with E-state index in [1.54, 1.807) is 29.8 Å². The lowest BCUT2D eigenvalue weighted by Crippen LogP contribution is -2.56. The summed E-state index contributed by atoms with van der Waals surface area (Å²) in [5, 5.41) is 23.1. The largest absolute Gasteiger partial charge is 0.509 e. The van der Waals surface area contributed by atoms with Gasteiger partial charge in [0.2, 0.25) is 0 Å². The third-order valence-corrected chi connectivity index (χ3v) is 10.9. The summed E-state index contributed by atoms with van der Waals surface area (Å²) in [5.74, 6) is -0.385. The van der Waals surface area contributed by atoms with Crippen LogP contribution in [0, 0.1) is 0 Å². The summed E-state index contributed by atoms with van der Waals surface area (Å²) >= 11 is 0. The number of para-hydroxylation sites is 1. The first-order valence-corrected chi connectivity index (χ1v) is 18.2. The van der Waals surface area contributed by atoms with Crippen LogP contribution in [0.2, 0.25) is 0 Å². The van der Waals surface area contributed by atoms with Crippen molar-refractivity contribution in [3.8, 4) is 5.75 Å². The summed E-state index contributed by atoms with van der Waals surface area (Å²) < 4.78 is 6.02. The third kappa shape index (κ3) is 8.94. The van der Waals surface area contributed by atoms with E-state index in [4.69, 9.17) is 4.74 Å². The lowest BCUT2D eigenvalue weighted by atomic mass is 9.91. The van der Waals surface area contributed by atoms with Crippen molar-refractivity contribution in [3.63, 3.8) is 0 Å². The number of hydrogen-bond donors (Lipinski definition) is 3. The van der Waals surface area contributed by atoms with E-state index >= 15 is 0 Å². The van der Waals surface area contributed by atoms with E-state index in [2.05, 4.69) is 10.2 Å². The fourth-order valence-electron chi connectivity index (χ4n) is 7.77. The van der Waals surface area contributed by atoms with Gasteiger partial charge >= 0.3 is 12.1 Å². The van der Waals surface area contributed by atoms with Crippen LogP contribution in [0.1, 0.15) is 36.8 Å². The number of piperazine rings is 1. The highest BCUT2D eigenvalue weighted by atomic mass is 16.6. The van der Waals surface area contributed by atoms with E-state index in [1.165, 1.54) is 7.05 Å². The smallest absolute Gasteiger partial charge is 0.410 e. The maximum Gasteiger partial charge on any atom is 0.410 e. The van der Waals surface area contributed by atoms with Crippen LogP contribution >= 0.6 is 0 Å². The number of aromatic hydroxyl groups is 1. The Balaban J connectivity index is 1.03. The van der Waals surface area contributed by atoms with Crippen LogP contribution < -0.4 is 10.8 Å². The fraction of sp³-hybridized carbons (Fsp3) is 0.556. The minimum absolute atomic E-state index is 0.00484. The number of ether oxygens (including phenoxy) is 1. The normalized spacial score (nSPS) is 20.3. The minimum atomic E-state index is -1.02. The summed E-state index contributed by atoms with van der Waals surface area (Å²) in [6.07, 6.45) is 2.23. The average Bonchev–Trinajstić information content (AvgIpc) is 3.31. The molecule has 0 bridgehead atoms. The molecule has 4 heterocycles. The van der Waals surface area contributed by atoms with Crippen LogP contribution in [0.5, 0.6) is 5.75 Å². The molecule has 4 aliphatic rings. The first kappa shape index (κ1) is 36.5. The lowest BCUT2D eigenvalue weighted by Gasteiger charge is -2.43. The Hall–Kier alpha value is -4.34. The molecule has 0 spiro atoms. The molecular formula is C36H50BN7O7. The second-order valence-corrected chi connectivity index (χ2v) is 14.2. The zero-order valence-corrected chi connectivity index (χ0v) is 29.7. The molecule has 274 valence electrons. The molecule has 15 heteroatoms. The SMILES string of the molecule is Bc1cc(C[C@@H](OC(=O)N2CCC(N3CCc4ccccc4NC3=O)CC2)C(=O)N2CCC(N3CCN(CC(=O)N(C)O)CC3)CC2)ccc1O. The second-order valence-electron chi connectivity index (χ2n) is 14.2. The monoisotopic (exact) mass is 703 g/mol. The number of rotatable bonds is 8. The molecule has 51 heavy (non-hydrogen) atoms. The average molecular weight is 704 g/mol. The Kier molecular flexibility index (Phi) is 11.7. The Labute approximate surface area is 300 Å². The number of likely N-dealkylation sites (N-methyl/N-ethyl adjacent to an activating group) is 1. The van der Waals surface area contributed by atoms with Gasteiger partial charge in [0.15, 0.2) is 6.10 Å². The number of carbonyl (C=O) groups is 4. The summed E-state index contributed by atoms with van der Waals surface area (Å²) in [7, 11) is 3.13. The number of hydrogen-bond acceptors (Lipinski definition) is 9. The van der Waals surface area contributed by atoms with Gasteiger partial charge in [0.25, 0.3) is 11.8 Å². The van der Waals surface area contributed by atoms with Crippen LogP contribution in [0.4, 0.5) is 15.3 Å². The van der Waals surface area contributed by atoms with Crippen molar-refractivity contribution in [3.05, 3.63) is 53.6 Å². The van der Waals surface area contributed by atoms with Gasteiger partial charge in [-0.05, 0) is 60.8 Å². The number of likely N-dealkylation sites (tertiary alicyclic amines) is 2. The Morgan fingerprint density at radius 1 is 0.922 bits per heavy atom. The van der Waals surface area contributed by atoms with Crippen LogP contribution in [0.25, 0.3) is 0 Å². The van der Waals surface area contributed by atoms with E-state index < -0.39 is 12.2 Å². The molecular weight excluding hydrogens is 653 g/mol. The van der Waals surface area contributed by atoms with E-state index in [-0.39, 0.29) is 42.6 Å². The highest BCUT2D eigenvalue weighted by molar-refractivity contribution is 6.34. The zero-order valence-electron chi connectivity index (χ0n) is 29.7. The molecule has 3 saturated heterocycles. The number of benzene rings is 2. The van der Waals surface area contributed by atoms with Crippen LogP contribution in [0.3, 0.4) is 0 Å². The predicted octanol–water partition coefficient (Wildman–Crippen LogP) is 0.709. The number of anilines is 1. The van der Waals surface area contributed by atoms with Gasteiger partial charge in [-0.2, -0.15) is 0 Å². The molecule has 0 radical (unpaired) electrons. The number of carbonyl (C=O) groups excluding carboxylic acids is 4. The van der Waals surface area contributed by atoms with Crippen LogP contribution in [0.15, 0.2) is 42.5 Å². The summed E-state index contributed by atoms with van der Waals surface area (Å²) in [4.78, 5) is 62.4. The molecule has 2 aromatic carbocycles. The van der Waals surface area contributed by atoms with Gasteiger partial charge < -0.3 is 29.9 Å². The Bertz CT molecular complexity index is 1570. The van der Waals surface area contributed by atoms with Crippen molar-refractivity contribution in [1.82, 2.24) is 29.6 Å². The van der Waals surface area contributed by atoms with E-state index in [0.29, 0.717) is 62.1 Å². The quantitative estimate of drug-likeness (QED) is 0.205. The van der Waals surface area contributed by atoms with Crippen molar-refractivity contribution in [2.75, 3.05) is 77.8 Å². The number of phenolic OH excluding ortho intramolecular Hbond substituents is 1. The number of amides is 5. The van der Waals surface area contributed by atoms with Crippen LogP contribution in [-0.2, 0) is 27.2 Å². The van der Waals surface area contributed by atoms with Gasteiger partial charge in [-0.15, -0.1) is 0 Å². The molecule has 0 aliphatic carbocycles. The number of phenols is 1. The maximum atomic E-state index is 14.0. The molecule has 14 nitrogen and oxygen atoms in total. The van der Waals surface area contributed by atoms with Crippen molar-refractivity contribution < 1.29 is 34.2 Å². The highest BCUT2D eigenvalue weighted by Gasteiger charge is 2.36. The number of urea groups is 1. The number of piperidine rings is 2. The predicted molar refractivity (Wildman–Crippen MR) is 193 cm³/mol. The molecule has 0 aromatic heterocycles. The lowest BCUT2D eigenvalue weighted by molar-refractivity contribution is -0.161. The number of nitrogens with zero attached hydrogens (tertiary/aromatic N) is 6. The van der Waals surface area contributed by atoms with Crippen molar-refractivity contribution in [1.29, 1.82) is 0 Å². The number of fused-ring (bicyclic) bond motifs is 1. The van der Waals surface area contributed by atoms with Gasteiger partial charge in [0, 0.05) is 90.1 Å². The summed E-state index contributed by atoms with van der Waals surface area (Å²) in [6.45, 7) is 5.84. The molecule has 1 atom stereocenters. The maximum absolute atomic E-state index is 14.0. The Morgan fingerprint density at radius 2 is 1.59 bits per heavy atom. The van der Waals surface area contributed by atoms with E-state index in [9.17, 15) is 29.5 Å². The first-order chi connectivity index (χ1) is 24.5. The molecule has 6 rings (SSSR count). The molecule has 3 fully saturated rings. The van der Waals surface area contributed by atoms with Crippen LogP contribution in [-0.4, -0.2) is 162 Å². The van der Waals surface area contributed by atoms with Gasteiger partial charge in [0.1, 0.15) is 13.6 Å². The van der Waals surface area contributed by atoms with Gasteiger partial charge in [0.05, 0.1) is 6.54 Å². The highest BCUT2D eigenvalue weighted by Crippen LogP contribution is 2.26. The first-order valence-electron chi connectivity index (χ1n) is 18.2. The Morgan fingerprint density at radius 3 is 2.27 bits per heavy atom. The second kappa shape index (κ2) is 16.3. The molecule has 4 aliphatic heterocycles. The standard InChI is InChI=1S/C36H50BN7O7/c1-39(50)33(46)24-40-18-20-41(21-19-40)27-9-13-42(14-10-27)34(47)32(23-25-6-7-31(45)29(37)22-25)51-36(49)43-15-11-28(12-16-43)44-17-8-26-4-2-3-5-30(26)38-35(44)48/h2-7,22,27-28,32,45,50H,8-21,23-24,37H2,1H3,(H,38,48)/t32-/m1/s1. The van der Waals surface area contributed by atoms with E-state index in [1.807, 2.05) is 40.1 Å². The van der Waals surface area contributed by atoms with Crippen molar-refractivity contribution >= 4 is 42.9 Å². The van der Waals surface area contributed by atoms with Gasteiger partial charge in [-0.25, -0.2) is 14.7 Å². The number of nitrogens with one attached hydrogen (secondary N) is 1.